The number of amides is 1. The fourth-order valence-electron chi connectivity index (χ4n) is 3.58. The molecular weight excluding hydrogens is 418 g/mol. The van der Waals surface area contributed by atoms with E-state index in [1.165, 1.54) is 5.56 Å². The molecule has 0 radical (unpaired) electrons. The number of nitrogens with one attached hydrogen (secondary N) is 1. The highest BCUT2D eigenvalue weighted by Crippen LogP contribution is 2.27. The fraction of sp³-hybridized carbons (Fsp3) is 0.409. The number of anilines is 1. The Hall–Kier alpha value is -2.78. The summed E-state index contributed by atoms with van der Waals surface area (Å²) >= 11 is 0. The number of hydrogen-bond acceptors (Lipinski definition) is 6. The molecule has 1 aliphatic rings. The van der Waals surface area contributed by atoms with Crippen molar-refractivity contribution < 1.29 is 22.7 Å². The lowest BCUT2D eigenvalue weighted by Gasteiger charge is -2.34. The van der Waals surface area contributed by atoms with Crippen molar-refractivity contribution in [1.82, 2.24) is 9.80 Å². The van der Waals surface area contributed by atoms with Gasteiger partial charge in [0.05, 0.1) is 20.5 Å². The minimum atomic E-state index is -3.33. The first kappa shape index (κ1) is 22.9. The molecule has 1 aliphatic heterocycles. The molecule has 2 aromatic carbocycles. The average molecular weight is 448 g/mol. The summed E-state index contributed by atoms with van der Waals surface area (Å²) in [5.74, 6) is 1.41. The van der Waals surface area contributed by atoms with E-state index in [-0.39, 0.29) is 5.91 Å². The molecule has 2 aromatic rings. The normalized spacial score (nSPS) is 14.9. The van der Waals surface area contributed by atoms with Crippen molar-refractivity contribution >= 4 is 21.6 Å². The minimum Gasteiger partial charge on any atom is -0.493 e. The molecule has 0 atom stereocenters. The van der Waals surface area contributed by atoms with Gasteiger partial charge in [-0.2, -0.15) is 0 Å². The first-order valence-corrected chi connectivity index (χ1v) is 12.0. The largest absolute Gasteiger partial charge is 0.493 e. The van der Waals surface area contributed by atoms with Crippen LogP contribution in [-0.4, -0.2) is 77.3 Å². The number of ether oxygens (including phenoxy) is 2. The third-order valence-corrected chi connectivity index (χ3v) is 5.87. The lowest BCUT2D eigenvalue weighted by Crippen LogP contribution is -2.49. The summed E-state index contributed by atoms with van der Waals surface area (Å²) in [7, 11) is -0.0775. The highest BCUT2D eigenvalue weighted by molar-refractivity contribution is 7.92. The van der Waals surface area contributed by atoms with Crippen molar-refractivity contribution in [3.63, 3.8) is 0 Å². The van der Waals surface area contributed by atoms with Crippen LogP contribution in [0.15, 0.2) is 42.5 Å². The number of nitrogens with zero attached hydrogens (tertiary/aromatic N) is 2. The zero-order valence-electron chi connectivity index (χ0n) is 18.1. The molecule has 168 valence electrons. The Balaban J connectivity index is 1.49. The molecule has 1 saturated heterocycles. The van der Waals surface area contributed by atoms with E-state index in [9.17, 15) is 13.2 Å². The number of carbonyl (C=O) groups is 1. The van der Waals surface area contributed by atoms with Crippen LogP contribution in [0.4, 0.5) is 5.69 Å². The summed E-state index contributed by atoms with van der Waals surface area (Å²) in [6.07, 6.45) is 1.99. The van der Waals surface area contributed by atoms with Gasteiger partial charge in [-0.3, -0.25) is 14.4 Å². The van der Waals surface area contributed by atoms with Gasteiger partial charge in [-0.1, -0.05) is 6.07 Å². The lowest BCUT2D eigenvalue weighted by atomic mass is 10.1. The second kappa shape index (κ2) is 10.0. The molecule has 8 nitrogen and oxygen atoms in total. The second-order valence-electron chi connectivity index (χ2n) is 7.52. The molecule has 31 heavy (non-hydrogen) atoms. The standard InChI is InChI=1S/C22H29N3O5S/c1-29-20-9-4-17(16-21(20)30-2)10-11-24-12-14-25(15-13-24)22(26)18-5-7-19(8-6-18)23-31(3,27)28/h4-9,16,23H,10-15H2,1-3H3. The number of methoxy groups -OCH3 is 2. The number of piperazine rings is 1. The topological polar surface area (TPSA) is 88.2 Å². The van der Waals surface area contributed by atoms with Crippen LogP contribution in [0.3, 0.4) is 0 Å². The average Bonchev–Trinajstić information content (AvgIpc) is 2.76. The molecule has 1 N–H and O–H groups in total. The highest BCUT2D eigenvalue weighted by Gasteiger charge is 2.22. The van der Waals surface area contributed by atoms with E-state index in [0.29, 0.717) is 24.3 Å². The van der Waals surface area contributed by atoms with Crippen molar-refractivity contribution in [2.75, 3.05) is 57.9 Å². The molecule has 1 fully saturated rings. The van der Waals surface area contributed by atoms with Crippen molar-refractivity contribution in [3.05, 3.63) is 53.6 Å². The summed E-state index contributed by atoms with van der Waals surface area (Å²) in [6.45, 7) is 3.85. The van der Waals surface area contributed by atoms with Crippen LogP contribution in [-0.2, 0) is 16.4 Å². The van der Waals surface area contributed by atoms with E-state index in [4.69, 9.17) is 9.47 Å². The predicted octanol–water partition coefficient (Wildman–Crippen LogP) is 2.08. The van der Waals surface area contributed by atoms with Crippen molar-refractivity contribution in [3.8, 4) is 11.5 Å². The van der Waals surface area contributed by atoms with E-state index in [1.54, 1.807) is 38.5 Å². The van der Waals surface area contributed by atoms with Gasteiger partial charge in [0.15, 0.2) is 11.5 Å². The van der Waals surface area contributed by atoms with Gasteiger partial charge < -0.3 is 14.4 Å². The van der Waals surface area contributed by atoms with E-state index in [1.807, 2.05) is 23.1 Å². The van der Waals surface area contributed by atoms with E-state index < -0.39 is 10.0 Å². The van der Waals surface area contributed by atoms with Gasteiger partial charge in [0.2, 0.25) is 10.0 Å². The summed E-state index contributed by atoms with van der Waals surface area (Å²) in [5, 5.41) is 0. The van der Waals surface area contributed by atoms with Crippen molar-refractivity contribution in [2.45, 2.75) is 6.42 Å². The Morgan fingerprint density at radius 2 is 1.61 bits per heavy atom. The monoisotopic (exact) mass is 447 g/mol. The number of carbonyl (C=O) groups excluding carboxylic acids is 1. The smallest absolute Gasteiger partial charge is 0.253 e. The number of sulfonamides is 1. The molecule has 9 heteroatoms. The van der Waals surface area contributed by atoms with Gasteiger partial charge in [0, 0.05) is 44.0 Å². The molecule has 0 aromatic heterocycles. The third kappa shape index (κ3) is 6.35. The molecule has 1 amide bonds. The van der Waals surface area contributed by atoms with Gasteiger partial charge in [-0.05, 0) is 48.4 Å². The molecule has 0 saturated carbocycles. The molecule has 0 spiro atoms. The molecule has 0 aliphatic carbocycles. The van der Waals surface area contributed by atoms with Gasteiger partial charge in [-0.25, -0.2) is 8.42 Å². The van der Waals surface area contributed by atoms with E-state index in [2.05, 4.69) is 9.62 Å². The van der Waals surface area contributed by atoms with Crippen LogP contribution in [0, 0.1) is 0 Å². The zero-order valence-corrected chi connectivity index (χ0v) is 18.9. The molecule has 3 rings (SSSR count). The van der Waals surface area contributed by atoms with E-state index >= 15 is 0 Å². The Morgan fingerprint density at radius 1 is 0.968 bits per heavy atom. The molecular formula is C22H29N3O5S. The first-order valence-electron chi connectivity index (χ1n) is 10.1. The summed E-state index contributed by atoms with van der Waals surface area (Å²) in [6, 6.07) is 12.5. The lowest BCUT2D eigenvalue weighted by molar-refractivity contribution is 0.0638. The molecule has 0 bridgehead atoms. The van der Waals surface area contributed by atoms with Crippen LogP contribution in [0.25, 0.3) is 0 Å². The highest BCUT2D eigenvalue weighted by atomic mass is 32.2. The Labute approximate surface area is 183 Å². The quantitative estimate of drug-likeness (QED) is 0.667. The van der Waals surface area contributed by atoms with Gasteiger partial charge in [0.1, 0.15) is 0 Å². The van der Waals surface area contributed by atoms with Crippen LogP contribution < -0.4 is 14.2 Å². The van der Waals surface area contributed by atoms with Crippen molar-refractivity contribution in [2.24, 2.45) is 0 Å². The van der Waals surface area contributed by atoms with Crippen LogP contribution in [0.2, 0.25) is 0 Å². The zero-order chi connectivity index (χ0) is 22.4. The van der Waals surface area contributed by atoms with Gasteiger partial charge in [0.25, 0.3) is 5.91 Å². The maximum atomic E-state index is 12.8. The van der Waals surface area contributed by atoms with Crippen LogP contribution >= 0.6 is 0 Å². The summed E-state index contributed by atoms with van der Waals surface area (Å²) < 4.78 is 35.6. The van der Waals surface area contributed by atoms with Crippen LogP contribution in [0.1, 0.15) is 15.9 Å². The summed E-state index contributed by atoms with van der Waals surface area (Å²) in [5.41, 5.74) is 2.18. The Kier molecular flexibility index (Phi) is 7.40. The first-order chi connectivity index (χ1) is 14.8. The number of rotatable bonds is 8. The predicted molar refractivity (Wildman–Crippen MR) is 121 cm³/mol. The maximum absolute atomic E-state index is 12.8. The SMILES string of the molecule is COc1ccc(CCN2CCN(C(=O)c3ccc(NS(C)(=O)=O)cc3)CC2)cc1OC. The third-order valence-electron chi connectivity index (χ3n) is 5.26. The van der Waals surface area contributed by atoms with Gasteiger partial charge >= 0.3 is 0 Å². The number of benzene rings is 2. The second-order valence-corrected chi connectivity index (χ2v) is 9.27. The Bertz CT molecular complexity index is 1000. The van der Waals surface area contributed by atoms with Gasteiger partial charge in [-0.15, -0.1) is 0 Å². The summed E-state index contributed by atoms with van der Waals surface area (Å²) in [4.78, 5) is 16.9. The Morgan fingerprint density at radius 3 is 2.19 bits per heavy atom. The number of hydrogen-bond donors (Lipinski definition) is 1. The fourth-order valence-corrected chi connectivity index (χ4v) is 4.14. The van der Waals surface area contributed by atoms with Crippen LogP contribution in [0.5, 0.6) is 11.5 Å². The van der Waals surface area contributed by atoms with Crippen molar-refractivity contribution in [1.29, 1.82) is 0 Å². The molecule has 1 heterocycles. The minimum absolute atomic E-state index is 0.0366. The molecule has 0 unspecified atom stereocenters. The maximum Gasteiger partial charge on any atom is 0.253 e. The van der Waals surface area contributed by atoms with E-state index in [0.717, 1.165) is 43.8 Å².